The largest absolute Gasteiger partial charge is 0.497 e. The van der Waals surface area contributed by atoms with Gasteiger partial charge in [0.05, 0.1) is 35.9 Å². The lowest BCUT2D eigenvalue weighted by atomic mass is 10.0. The van der Waals surface area contributed by atoms with Gasteiger partial charge in [-0.25, -0.2) is 0 Å². The number of esters is 1. The number of rotatable bonds is 7. The number of carbonyl (C=O) groups is 3. The van der Waals surface area contributed by atoms with Crippen LogP contribution in [-0.2, 0) is 25.7 Å². The van der Waals surface area contributed by atoms with E-state index in [0.29, 0.717) is 16.5 Å². The van der Waals surface area contributed by atoms with Crippen molar-refractivity contribution in [2.24, 2.45) is 10.9 Å². The lowest BCUT2D eigenvalue weighted by molar-refractivity contribution is -0.141. The maximum atomic E-state index is 12.5. The summed E-state index contributed by atoms with van der Waals surface area (Å²) < 4.78 is 12.5. The Balaban J connectivity index is 1.71. The van der Waals surface area contributed by atoms with Gasteiger partial charge in [-0.1, -0.05) is 18.3 Å². The average molecular weight is 466 g/mol. The van der Waals surface area contributed by atoms with E-state index < -0.39 is 5.97 Å². The van der Waals surface area contributed by atoms with Gasteiger partial charge in [-0.2, -0.15) is 4.99 Å². The second kappa shape index (κ2) is 10.8. The van der Waals surface area contributed by atoms with Crippen molar-refractivity contribution in [1.29, 1.82) is 0 Å². The molecule has 8 nitrogen and oxygen atoms in total. The van der Waals surface area contributed by atoms with Crippen LogP contribution in [0.1, 0.15) is 19.8 Å². The van der Waals surface area contributed by atoms with Crippen LogP contribution in [0.3, 0.4) is 0 Å². The molecular weight excluding hydrogens is 438 g/mol. The Labute approximate surface area is 189 Å². The fourth-order valence-electron chi connectivity index (χ4n) is 3.48. The smallest absolute Gasteiger partial charge is 0.325 e. The van der Waals surface area contributed by atoms with E-state index in [-0.39, 0.29) is 29.9 Å². The molecule has 0 aliphatic carbocycles. The number of carbonyl (C=O) groups excluding carboxylic acids is 3. The number of aromatic nitrogens is 1. The molecule has 2 aromatic rings. The summed E-state index contributed by atoms with van der Waals surface area (Å²) in [6.07, 6.45) is 2.18. The van der Waals surface area contributed by atoms with E-state index in [0.717, 1.165) is 36.1 Å². The Morgan fingerprint density at radius 2 is 2.06 bits per heavy atom. The molecular formula is C21H27N3O5S2. The minimum Gasteiger partial charge on any atom is -0.497 e. The first-order valence-corrected chi connectivity index (χ1v) is 12.1. The molecule has 1 unspecified atom stereocenters. The summed E-state index contributed by atoms with van der Waals surface area (Å²) in [7, 11) is 2.90. The number of likely N-dealkylation sites (tertiary alicyclic amines) is 1. The summed E-state index contributed by atoms with van der Waals surface area (Å²) in [5.74, 6) is 0.861. The van der Waals surface area contributed by atoms with Crippen molar-refractivity contribution in [2.75, 3.05) is 38.8 Å². The van der Waals surface area contributed by atoms with Gasteiger partial charge < -0.3 is 18.9 Å². The zero-order valence-electron chi connectivity index (χ0n) is 18.0. The van der Waals surface area contributed by atoms with E-state index in [1.165, 1.54) is 30.2 Å². The number of thiazole rings is 1. The highest BCUT2D eigenvalue weighted by molar-refractivity contribution is 8.00. The third-order valence-electron chi connectivity index (χ3n) is 5.09. The quantitative estimate of drug-likeness (QED) is 0.583. The summed E-state index contributed by atoms with van der Waals surface area (Å²) in [6, 6.07) is 5.45. The van der Waals surface area contributed by atoms with Crippen LogP contribution in [0, 0.1) is 5.92 Å². The minimum atomic E-state index is -0.430. The molecule has 1 aromatic carbocycles. The molecule has 0 bridgehead atoms. The predicted octanol–water partition coefficient (Wildman–Crippen LogP) is 2.30. The summed E-state index contributed by atoms with van der Waals surface area (Å²) in [5, 5.41) is 0. The highest BCUT2D eigenvalue weighted by Gasteiger charge is 2.21. The van der Waals surface area contributed by atoms with Crippen LogP contribution in [0.15, 0.2) is 23.2 Å². The van der Waals surface area contributed by atoms with Gasteiger partial charge in [-0.05, 0) is 37.0 Å². The molecule has 3 rings (SSSR count). The molecule has 1 fully saturated rings. The van der Waals surface area contributed by atoms with Crippen molar-refractivity contribution in [3.63, 3.8) is 0 Å². The average Bonchev–Trinajstić information content (AvgIpc) is 3.09. The first-order valence-electron chi connectivity index (χ1n) is 10.1. The normalized spacial score (nSPS) is 17.1. The summed E-state index contributed by atoms with van der Waals surface area (Å²) in [4.78, 5) is 43.2. The number of nitrogens with zero attached hydrogens (tertiary/aromatic N) is 3. The second-order valence-electron chi connectivity index (χ2n) is 7.47. The Hall–Kier alpha value is -2.33. The van der Waals surface area contributed by atoms with Crippen LogP contribution >= 0.6 is 23.1 Å². The lowest BCUT2D eigenvalue weighted by Gasteiger charge is -2.30. The fraction of sp³-hybridized carbons (Fsp3) is 0.524. The number of piperidine rings is 1. The van der Waals surface area contributed by atoms with Gasteiger partial charge in [0.15, 0.2) is 4.80 Å². The third kappa shape index (κ3) is 6.10. The number of amides is 2. The maximum absolute atomic E-state index is 12.5. The van der Waals surface area contributed by atoms with Gasteiger partial charge in [-0.15, -0.1) is 11.8 Å². The molecule has 1 aliphatic heterocycles. The van der Waals surface area contributed by atoms with Gasteiger partial charge >= 0.3 is 5.97 Å². The topological polar surface area (TPSA) is 90.2 Å². The van der Waals surface area contributed by atoms with Gasteiger partial charge in [0.2, 0.25) is 5.91 Å². The maximum Gasteiger partial charge on any atom is 0.325 e. The summed E-state index contributed by atoms with van der Waals surface area (Å²) >= 11 is 2.57. The van der Waals surface area contributed by atoms with Crippen molar-refractivity contribution in [1.82, 2.24) is 9.47 Å². The molecule has 1 aromatic heterocycles. The number of fused-ring (bicyclic) bond motifs is 1. The van der Waals surface area contributed by atoms with Crippen LogP contribution < -0.4 is 9.54 Å². The SMILES string of the molecule is COC(=O)Cn1c(=NC(=O)CSCC(=O)N2CCCC(C)C2)sc2cc(OC)ccc21. The van der Waals surface area contributed by atoms with Gasteiger partial charge in [0.25, 0.3) is 5.91 Å². The van der Waals surface area contributed by atoms with Gasteiger partial charge in [0, 0.05) is 13.1 Å². The Morgan fingerprint density at radius 1 is 1.26 bits per heavy atom. The number of ether oxygens (including phenoxy) is 2. The molecule has 1 atom stereocenters. The van der Waals surface area contributed by atoms with Crippen LogP contribution in [0.5, 0.6) is 5.75 Å². The highest BCUT2D eigenvalue weighted by Crippen LogP contribution is 2.23. The van der Waals surface area contributed by atoms with Crippen LogP contribution in [0.25, 0.3) is 10.2 Å². The van der Waals surface area contributed by atoms with E-state index in [1.807, 2.05) is 17.0 Å². The monoisotopic (exact) mass is 465 g/mol. The fourth-order valence-corrected chi connectivity index (χ4v) is 5.26. The number of thioether (sulfide) groups is 1. The third-order valence-corrected chi connectivity index (χ3v) is 7.03. The minimum absolute atomic E-state index is 0.0479. The van der Waals surface area contributed by atoms with Crippen molar-refractivity contribution in [2.45, 2.75) is 26.3 Å². The molecule has 168 valence electrons. The molecule has 1 aliphatic rings. The van der Waals surface area contributed by atoms with Crippen molar-refractivity contribution < 1.29 is 23.9 Å². The molecule has 0 radical (unpaired) electrons. The summed E-state index contributed by atoms with van der Waals surface area (Å²) in [5.41, 5.74) is 0.768. The first kappa shape index (κ1) is 23.3. The molecule has 31 heavy (non-hydrogen) atoms. The van der Waals surface area contributed by atoms with E-state index in [9.17, 15) is 14.4 Å². The van der Waals surface area contributed by atoms with Crippen LogP contribution in [0.4, 0.5) is 0 Å². The van der Waals surface area contributed by atoms with E-state index in [2.05, 4.69) is 11.9 Å². The predicted molar refractivity (Wildman–Crippen MR) is 121 cm³/mol. The van der Waals surface area contributed by atoms with Crippen molar-refractivity contribution in [3.05, 3.63) is 23.0 Å². The molecule has 1 saturated heterocycles. The molecule has 0 saturated carbocycles. The zero-order chi connectivity index (χ0) is 22.4. The number of methoxy groups -OCH3 is 2. The Kier molecular flexibility index (Phi) is 8.14. The van der Waals surface area contributed by atoms with E-state index in [1.54, 1.807) is 17.7 Å². The van der Waals surface area contributed by atoms with Gasteiger partial charge in [0.1, 0.15) is 12.3 Å². The first-order chi connectivity index (χ1) is 14.9. The van der Waals surface area contributed by atoms with E-state index >= 15 is 0 Å². The van der Waals surface area contributed by atoms with Crippen molar-refractivity contribution >= 4 is 51.1 Å². The van der Waals surface area contributed by atoms with Gasteiger partial charge in [-0.3, -0.25) is 14.4 Å². The van der Waals surface area contributed by atoms with Crippen LogP contribution in [-0.4, -0.2) is 66.1 Å². The van der Waals surface area contributed by atoms with E-state index in [4.69, 9.17) is 9.47 Å². The van der Waals surface area contributed by atoms with Crippen molar-refractivity contribution in [3.8, 4) is 5.75 Å². The molecule has 2 heterocycles. The molecule has 0 spiro atoms. The highest BCUT2D eigenvalue weighted by atomic mass is 32.2. The summed E-state index contributed by atoms with van der Waals surface area (Å²) in [6.45, 7) is 3.68. The Bertz CT molecular complexity index is 1030. The zero-order valence-corrected chi connectivity index (χ0v) is 19.6. The molecule has 10 heteroatoms. The molecule has 0 N–H and O–H groups in total. The number of benzene rings is 1. The molecule has 2 amide bonds. The second-order valence-corrected chi connectivity index (χ2v) is 9.46. The number of hydrogen-bond donors (Lipinski definition) is 0. The lowest BCUT2D eigenvalue weighted by Crippen LogP contribution is -2.40. The number of hydrogen-bond acceptors (Lipinski definition) is 7. The van der Waals surface area contributed by atoms with Crippen LogP contribution in [0.2, 0.25) is 0 Å². The Morgan fingerprint density at radius 3 is 2.77 bits per heavy atom. The standard InChI is InChI=1S/C21H27N3O5S2/c1-14-5-4-8-23(10-14)19(26)13-30-12-18(25)22-21-24(11-20(27)29-3)16-7-6-15(28-2)9-17(16)31-21/h6-7,9,14H,4-5,8,10-13H2,1-3H3.